The lowest BCUT2D eigenvalue weighted by Gasteiger charge is -2.20. The van der Waals surface area contributed by atoms with E-state index in [9.17, 15) is 4.79 Å². The SMILES string of the molecule is Cc1ccc(C)c(CCN(C)CC(N)CC(=O)O)c1. The predicted molar refractivity (Wildman–Crippen MR) is 77.3 cm³/mol. The van der Waals surface area contributed by atoms with Gasteiger partial charge in [0.2, 0.25) is 0 Å². The molecule has 0 aliphatic carbocycles. The molecule has 0 saturated carbocycles. The Morgan fingerprint density at radius 2 is 2.11 bits per heavy atom. The topological polar surface area (TPSA) is 66.6 Å². The van der Waals surface area contributed by atoms with Gasteiger partial charge in [-0.2, -0.15) is 0 Å². The maximum atomic E-state index is 10.6. The van der Waals surface area contributed by atoms with Crippen LogP contribution < -0.4 is 5.73 Å². The summed E-state index contributed by atoms with van der Waals surface area (Å²) < 4.78 is 0. The molecule has 1 rings (SSSR count). The third kappa shape index (κ3) is 5.85. The monoisotopic (exact) mass is 264 g/mol. The Bertz CT molecular complexity index is 432. The minimum Gasteiger partial charge on any atom is -0.481 e. The van der Waals surface area contributed by atoms with Gasteiger partial charge in [0.25, 0.3) is 0 Å². The summed E-state index contributed by atoms with van der Waals surface area (Å²) in [4.78, 5) is 12.6. The molecule has 1 unspecified atom stereocenters. The number of likely N-dealkylation sites (N-methyl/N-ethyl adjacent to an activating group) is 1. The molecular weight excluding hydrogens is 240 g/mol. The highest BCUT2D eigenvalue weighted by molar-refractivity contribution is 5.67. The van der Waals surface area contributed by atoms with E-state index in [1.165, 1.54) is 16.7 Å². The number of benzene rings is 1. The predicted octanol–water partition coefficient (Wildman–Crippen LogP) is 1.58. The molecule has 0 radical (unpaired) electrons. The third-order valence-electron chi connectivity index (χ3n) is 3.25. The number of hydrogen-bond acceptors (Lipinski definition) is 3. The Morgan fingerprint density at radius 1 is 1.42 bits per heavy atom. The highest BCUT2D eigenvalue weighted by atomic mass is 16.4. The Morgan fingerprint density at radius 3 is 2.74 bits per heavy atom. The van der Waals surface area contributed by atoms with Crippen molar-refractivity contribution >= 4 is 5.97 Å². The molecule has 0 saturated heterocycles. The van der Waals surface area contributed by atoms with Crippen LogP contribution in [0.5, 0.6) is 0 Å². The average Bonchev–Trinajstić information content (AvgIpc) is 2.29. The average molecular weight is 264 g/mol. The van der Waals surface area contributed by atoms with Gasteiger partial charge in [0.05, 0.1) is 6.42 Å². The van der Waals surface area contributed by atoms with E-state index in [0.717, 1.165) is 13.0 Å². The van der Waals surface area contributed by atoms with Gasteiger partial charge in [-0.1, -0.05) is 23.8 Å². The number of nitrogens with two attached hydrogens (primary N) is 1. The van der Waals surface area contributed by atoms with E-state index in [4.69, 9.17) is 10.8 Å². The quantitative estimate of drug-likeness (QED) is 0.784. The molecule has 0 aromatic heterocycles. The fourth-order valence-electron chi connectivity index (χ4n) is 2.16. The van der Waals surface area contributed by atoms with Crippen LogP contribution >= 0.6 is 0 Å². The van der Waals surface area contributed by atoms with E-state index in [1.807, 2.05) is 7.05 Å². The normalized spacial score (nSPS) is 12.7. The summed E-state index contributed by atoms with van der Waals surface area (Å²) in [5, 5.41) is 8.67. The van der Waals surface area contributed by atoms with Gasteiger partial charge in [-0.3, -0.25) is 4.79 Å². The Kier molecular flexibility index (Phi) is 5.99. The number of aliphatic carboxylic acids is 1. The van der Waals surface area contributed by atoms with Gasteiger partial charge in [-0.15, -0.1) is 0 Å². The van der Waals surface area contributed by atoms with Gasteiger partial charge >= 0.3 is 5.97 Å². The minimum atomic E-state index is -0.838. The number of hydrogen-bond donors (Lipinski definition) is 2. The van der Waals surface area contributed by atoms with Gasteiger partial charge in [0.1, 0.15) is 0 Å². The lowest BCUT2D eigenvalue weighted by Crippen LogP contribution is -2.37. The van der Waals surface area contributed by atoms with Crippen LogP contribution in [0, 0.1) is 13.8 Å². The molecule has 0 amide bonds. The van der Waals surface area contributed by atoms with Gasteiger partial charge in [0.15, 0.2) is 0 Å². The van der Waals surface area contributed by atoms with Gasteiger partial charge in [-0.05, 0) is 38.4 Å². The van der Waals surface area contributed by atoms with Crippen molar-refractivity contribution in [3.05, 3.63) is 34.9 Å². The lowest BCUT2D eigenvalue weighted by molar-refractivity contribution is -0.137. The van der Waals surface area contributed by atoms with Crippen molar-refractivity contribution in [2.45, 2.75) is 32.7 Å². The van der Waals surface area contributed by atoms with E-state index < -0.39 is 5.97 Å². The molecule has 0 fully saturated rings. The fraction of sp³-hybridized carbons (Fsp3) is 0.533. The zero-order valence-corrected chi connectivity index (χ0v) is 12.0. The molecule has 1 aromatic rings. The van der Waals surface area contributed by atoms with E-state index in [1.54, 1.807) is 0 Å². The summed E-state index contributed by atoms with van der Waals surface area (Å²) in [6, 6.07) is 6.16. The summed E-state index contributed by atoms with van der Waals surface area (Å²) in [6.07, 6.45) is 0.984. The number of aryl methyl sites for hydroxylation is 2. The summed E-state index contributed by atoms with van der Waals surface area (Å²) in [5.74, 6) is -0.838. The second-order valence-electron chi connectivity index (χ2n) is 5.30. The van der Waals surface area contributed by atoms with Crippen molar-refractivity contribution < 1.29 is 9.90 Å². The van der Waals surface area contributed by atoms with E-state index in [2.05, 4.69) is 36.9 Å². The molecule has 1 aromatic carbocycles. The first kappa shape index (κ1) is 15.7. The van der Waals surface area contributed by atoms with Crippen LogP contribution in [0.15, 0.2) is 18.2 Å². The van der Waals surface area contributed by atoms with Crippen LogP contribution in [0.25, 0.3) is 0 Å². The highest BCUT2D eigenvalue weighted by Crippen LogP contribution is 2.11. The van der Waals surface area contributed by atoms with Gasteiger partial charge < -0.3 is 15.7 Å². The van der Waals surface area contributed by atoms with Crippen LogP contribution in [0.1, 0.15) is 23.1 Å². The second-order valence-corrected chi connectivity index (χ2v) is 5.30. The van der Waals surface area contributed by atoms with Crippen molar-refractivity contribution in [2.75, 3.05) is 20.1 Å². The smallest absolute Gasteiger partial charge is 0.304 e. The Labute approximate surface area is 115 Å². The molecule has 0 bridgehead atoms. The molecule has 4 heteroatoms. The number of nitrogens with zero attached hydrogens (tertiary/aromatic N) is 1. The minimum absolute atomic E-state index is 0.0216. The molecule has 0 aliphatic heterocycles. The van der Waals surface area contributed by atoms with E-state index >= 15 is 0 Å². The zero-order chi connectivity index (χ0) is 14.4. The largest absolute Gasteiger partial charge is 0.481 e. The molecule has 0 spiro atoms. The first-order valence-corrected chi connectivity index (χ1v) is 6.60. The molecule has 1 atom stereocenters. The molecule has 106 valence electrons. The standard InChI is InChI=1S/C15H24N2O2/c1-11-4-5-12(2)13(8-11)6-7-17(3)10-14(16)9-15(18)19/h4-5,8,14H,6-7,9-10,16H2,1-3H3,(H,18,19). The first-order chi connectivity index (χ1) is 8.88. The highest BCUT2D eigenvalue weighted by Gasteiger charge is 2.11. The van der Waals surface area contributed by atoms with Crippen LogP contribution in [-0.4, -0.2) is 42.2 Å². The first-order valence-electron chi connectivity index (χ1n) is 6.60. The molecule has 0 heterocycles. The number of carboxylic acid groups (broad SMARTS) is 1. The van der Waals surface area contributed by atoms with Crippen molar-refractivity contribution in [3.63, 3.8) is 0 Å². The maximum Gasteiger partial charge on any atom is 0.304 e. The number of carbonyl (C=O) groups is 1. The van der Waals surface area contributed by atoms with Gasteiger partial charge in [0, 0.05) is 19.1 Å². The number of carboxylic acids is 1. The summed E-state index contributed by atoms with van der Waals surface area (Å²) in [6.45, 7) is 5.70. The zero-order valence-electron chi connectivity index (χ0n) is 12.0. The van der Waals surface area contributed by atoms with Crippen molar-refractivity contribution in [3.8, 4) is 0 Å². The van der Waals surface area contributed by atoms with Crippen LogP contribution in [0.4, 0.5) is 0 Å². The molecular formula is C15H24N2O2. The van der Waals surface area contributed by atoms with Crippen molar-refractivity contribution in [1.29, 1.82) is 0 Å². The summed E-state index contributed by atoms with van der Waals surface area (Å²) in [7, 11) is 1.98. The van der Waals surface area contributed by atoms with Crippen molar-refractivity contribution in [1.82, 2.24) is 4.90 Å². The number of rotatable bonds is 7. The van der Waals surface area contributed by atoms with E-state index in [-0.39, 0.29) is 12.5 Å². The Hall–Kier alpha value is -1.39. The fourth-order valence-corrected chi connectivity index (χ4v) is 2.16. The van der Waals surface area contributed by atoms with Gasteiger partial charge in [-0.25, -0.2) is 0 Å². The molecule has 4 nitrogen and oxygen atoms in total. The third-order valence-corrected chi connectivity index (χ3v) is 3.25. The summed E-state index contributed by atoms with van der Waals surface area (Å²) in [5.41, 5.74) is 9.69. The van der Waals surface area contributed by atoms with Crippen LogP contribution in [-0.2, 0) is 11.2 Å². The Balaban J connectivity index is 2.43. The summed E-state index contributed by atoms with van der Waals surface area (Å²) >= 11 is 0. The second kappa shape index (κ2) is 7.26. The van der Waals surface area contributed by atoms with Crippen LogP contribution in [0.3, 0.4) is 0 Å². The maximum absolute atomic E-state index is 10.6. The molecule has 0 aliphatic rings. The lowest BCUT2D eigenvalue weighted by atomic mass is 10.0. The molecule has 19 heavy (non-hydrogen) atoms. The molecule has 3 N–H and O–H groups in total. The van der Waals surface area contributed by atoms with E-state index in [0.29, 0.717) is 6.54 Å². The van der Waals surface area contributed by atoms with Crippen molar-refractivity contribution in [2.24, 2.45) is 5.73 Å². The van der Waals surface area contributed by atoms with Crippen LogP contribution in [0.2, 0.25) is 0 Å².